The van der Waals surface area contributed by atoms with Crippen LogP contribution in [0.2, 0.25) is 0 Å². The summed E-state index contributed by atoms with van der Waals surface area (Å²) in [6.45, 7) is 3.27. The average molecular weight is 232 g/mol. The molecule has 0 aromatic carbocycles. The predicted octanol–water partition coefficient (Wildman–Crippen LogP) is 1.22. The largest absolute Gasteiger partial charge is 0.393 e. The van der Waals surface area contributed by atoms with Crippen LogP contribution < -0.4 is 0 Å². The van der Waals surface area contributed by atoms with Crippen LogP contribution in [0.1, 0.15) is 25.7 Å². The summed E-state index contributed by atoms with van der Waals surface area (Å²) in [5.74, 6) is 0.530. The summed E-state index contributed by atoms with van der Waals surface area (Å²) in [6.07, 6.45) is 4.04. The minimum atomic E-state index is -0.111. The van der Waals surface area contributed by atoms with Crippen LogP contribution in [0.4, 0.5) is 0 Å². The van der Waals surface area contributed by atoms with E-state index in [0.29, 0.717) is 32.3 Å². The fourth-order valence-corrected chi connectivity index (χ4v) is 2.03. The molecular formula is C12H24O4. The molecular weight excluding hydrogens is 208 g/mol. The SMILES string of the molecule is COCCOCCOCC1CCCC(O)C1. The highest BCUT2D eigenvalue weighted by Crippen LogP contribution is 2.24. The zero-order chi connectivity index (χ0) is 11.6. The molecule has 0 saturated heterocycles. The van der Waals surface area contributed by atoms with E-state index in [9.17, 15) is 5.11 Å². The van der Waals surface area contributed by atoms with E-state index in [-0.39, 0.29) is 6.10 Å². The van der Waals surface area contributed by atoms with E-state index in [0.717, 1.165) is 25.9 Å². The number of ether oxygens (including phenoxy) is 3. The lowest BCUT2D eigenvalue weighted by Crippen LogP contribution is -2.23. The van der Waals surface area contributed by atoms with Gasteiger partial charge in [0.1, 0.15) is 0 Å². The van der Waals surface area contributed by atoms with Gasteiger partial charge in [0, 0.05) is 13.7 Å². The molecule has 16 heavy (non-hydrogen) atoms. The van der Waals surface area contributed by atoms with Crippen molar-refractivity contribution in [1.82, 2.24) is 0 Å². The number of methoxy groups -OCH3 is 1. The second kappa shape index (κ2) is 8.93. The van der Waals surface area contributed by atoms with Crippen LogP contribution in [0.5, 0.6) is 0 Å². The van der Waals surface area contributed by atoms with E-state index >= 15 is 0 Å². The third-order valence-electron chi connectivity index (χ3n) is 2.91. The second-order valence-corrected chi connectivity index (χ2v) is 4.37. The third-order valence-corrected chi connectivity index (χ3v) is 2.91. The third kappa shape index (κ3) is 6.43. The van der Waals surface area contributed by atoms with Crippen molar-refractivity contribution in [1.29, 1.82) is 0 Å². The Morgan fingerprint density at radius 1 is 1.06 bits per heavy atom. The Kier molecular flexibility index (Phi) is 7.76. The van der Waals surface area contributed by atoms with Gasteiger partial charge < -0.3 is 19.3 Å². The fourth-order valence-electron chi connectivity index (χ4n) is 2.03. The normalized spacial score (nSPS) is 25.9. The van der Waals surface area contributed by atoms with Crippen molar-refractivity contribution in [2.45, 2.75) is 31.8 Å². The topological polar surface area (TPSA) is 47.9 Å². The van der Waals surface area contributed by atoms with E-state index in [1.54, 1.807) is 7.11 Å². The summed E-state index contributed by atoms with van der Waals surface area (Å²) in [5.41, 5.74) is 0. The molecule has 0 aromatic rings. The minimum Gasteiger partial charge on any atom is -0.393 e. The number of rotatable bonds is 8. The Morgan fingerprint density at radius 3 is 2.56 bits per heavy atom. The van der Waals surface area contributed by atoms with Crippen LogP contribution in [0.25, 0.3) is 0 Å². The summed E-state index contributed by atoms with van der Waals surface area (Å²) >= 11 is 0. The molecule has 1 saturated carbocycles. The summed E-state index contributed by atoms with van der Waals surface area (Å²) in [6, 6.07) is 0. The van der Waals surface area contributed by atoms with Crippen molar-refractivity contribution < 1.29 is 19.3 Å². The van der Waals surface area contributed by atoms with Crippen molar-refractivity contribution in [2.75, 3.05) is 40.1 Å². The molecule has 0 heterocycles. The monoisotopic (exact) mass is 232 g/mol. The maximum atomic E-state index is 9.49. The van der Waals surface area contributed by atoms with E-state index in [4.69, 9.17) is 14.2 Å². The first-order chi connectivity index (χ1) is 7.83. The van der Waals surface area contributed by atoms with Crippen LogP contribution >= 0.6 is 0 Å². The highest BCUT2D eigenvalue weighted by Gasteiger charge is 2.19. The zero-order valence-corrected chi connectivity index (χ0v) is 10.2. The van der Waals surface area contributed by atoms with E-state index in [1.165, 1.54) is 6.42 Å². The standard InChI is InChI=1S/C12H24O4/c1-14-5-6-15-7-8-16-10-11-3-2-4-12(13)9-11/h11-13H,2-10H2,1H3. The van der Waals surface area contributed by atoms with Crippen LogP contribution in [0.15, 0.2) is 0 Å². The van der Waals surface area contributed by atoms with Crippen molar-refractivity contribution in [3.05, 3.63) is 0 Å². The lowest BCUT2D eigenvalue weighted by molar-refractivity contribution is 0.00116. The van der Waals surface area contributed by atoms with Crippen LogP contribution in [-0.4, -0.2) is 51.4 Å². The summed E-state index contributed by atoms with van der Waals surface area (Å²) in [7, 11) is 1.66. The summed E-state index contributed by atoms with van der Waals surface area (Å²) in [4.78, 5) is 0. The van der Waals surface area contributed by atoms with Gasteiger partial charge in [-0.15, -0.1) is 0 Å². The Morgan fingerprint density at radius 2 is 1.81 bits per heavy atom. The van der Waals surface area contributed by atoms with Crippen LogP contribution in [0, 0.1) is 5.92 Å². The smallest absolute Gasteiger partial charge is 0.0701 e. The van der Waals surface area contributed by atoms with Crippen molar-refractivity contribution >= 4 is 0 Å². The Labute approximate surface area is 97.9 Å². The van der Waals surface area contributed by atoms with E-state index in [2.05, 4.69) is 0 Å². The molecule has 1 aliphatic carbocycles. The molecule has 0 aromatic heterocycles. The summed E-state index contributed by atoms with van der Waals surface area (Å²) in [5, 5.41) is 9.49. The van der Waals surface area contributed by atoms with Gasteiger partial charge in [-0.3, -0.25) is 0 Å². The minimum absolute atomic E-state index is 0.111. The zero-order valence-electron chi connectivity index (χ0n) is 10.2. The molecule has 1 aliphatic rings. The van der Waals surface area contributed by atoms with Gasteiger partial charge in [0.2, 0.25) is 0 Å². The van der Waals surface area contributed by atoms with Gasteiger partial charge in [-0.25, -0.2) is 0 Å². The first-order valence-corrected chi connectivity index (χ1v) is 6.15. The molecule has 96 valence electrons. The van der Waals surface area contributed by atoms with E-state index < -0.39 is 0 Å². The van der Waals surface area contributed by atoms with E-state index in [1.807, 2.05) is 0 Å². The van der Waals surface area contributed by atoms with Crippen LogP contribution in [-0.2, 0) is 14.2 Å². The first-order valence-electron chi connectivity index (χ1n) is 6.15. The number of hydrogen-bond acceptors (Lipinski definition) is 4. The fraction of sp³-hybridized carbons (Fsp3) is 1.00. The molecule has 0 radical (unpaired) electrons. The molecule has 2 unspecified atom stereocenters. The number of aliphatic hydroxyl groups is 1. The Balaban J connectivity index is 1.86. The average Bonchev–Trinajstić information content (AvgIpc) is 2.28. The van der Waals surface area contributed by atoms with Gasteiger partial charge in [0.05, 0.1) is 32.5 Å². The quantitative estimate of drug-likeness (QED) is 0.639. The van der Waals surface area contributed by atoms with Crippen LogP contribution in [0.3, 0.4) is 0 Å². The lowest BCUT2D eigenvalue weighted by Gasteiger charge is -2.25. The van der Waals surface area contributed by atoms with Crippen molar-refractivity contribution in [2.24, 2.45) is 5.92 Å². The van der Waals surface area contributed by atoms with Gasteiger partial charge in [-0.2, -0.15) is 0 Å². The first kappa shape index (κ1) is 13.9. The van der Waals surface area contributed by atoms with Crippen molar-refractivity contribution in [3.8, 4) is 0 Å². The highest BCUT2D eigenvalue weighted by molar-refractivity contribution is 4.71. The van der Waals surface area contributed by atoms with Gasteiger partial charge in [-0.1, -0.05) is 6.42 Å². The van der Waals surface area contributed by atoms with Gasteiger partial charge in [0.25, 0.3) is 0 Å². The Bertz CT molecular complexity index is 163. The molecule has 1 fully saturated rings. The molecule has 1 N–H and O–H groups in total. The number of hydrogen-bond donors (Lipinski definition) is 1. The molecule has 0 spiro atoms. The predicted molar refractivity (Wildman–Crippen MR) is 61.5 cm³/mol. The molecule has 2 atom stereocenters. The van der Waals surface area contributed by atoms with Gasteiger partial charge >= 0.3 is 0 Å². The lowest BCUT2D eigenvalue weighted by atomic mass is 9.88. The molecule has 0 amide bonds. The molecule has 1 rings (SSSR count). The molecule has 0 aliphatic heterocycles. The highest BCUT2D eigenvalue weighted by atomic mass is 16.5. The maximum Gasteiger partial charge on any atom is 0.0701 e. The van der Waals surface area contributed by atoms with Gasteiger partial charge in [-0.05, 0) is 25.2 Å². The molecule has 4 nitrogen and oxygen atoms in total. The molecule has 4 heteroatoms. The summed E-state index contributed by atoms with van der Waals surface area (Å²) < 4.78 is 15.7. The van der Waals surface area contributed by atoms with Crippen molar-refractivity contribution in [3.63, 3.8) is 0 Å². The maximum absolute atomic E-state index is 9.49. The second-order valence-electron chi connectivity index (χ2n) is 4.37. The van der Waals surface area contributed by atoms with Gasteiger partial charge in [0.15, 0.2) is 0 Å². The Hall–Kier alpha value is -0.160. The number of aliphatic hydroxyl groups excluding tert-OH is 1. The molecule has 0 bridgehead atoms.